The summed E-state index contributed by atoms with van der Waals surface area (Å²) in [5.74, 6) is -0.360. The molecule has 0 saturated heterocycles. The zero-order chi connectivity index (χ0) is 23.4. The van der Waals surface area contributed by atoms with Gasteiger partial charge in [-0.1, -0.05) is 48.5 Å². The minimum absolute atomic E-state index is 0.0919. The van der Waals surface area contributed by atoms with Crippen LogP contribution >= 0.6 is 11.8 Å². The summed E-state index contributed by atoms with van der Waals surface area (Å²) in [5.41, 5.74) is 3.84. The van der Waals surface area contributed by atoms with E-state index in [1.54, 1.807) is 19.2 Å². The first kappa shape index (κ1) is 23.1. The van der Waals surface area contributed by atoms with E-state index in [0.29, 0.717) is 48.0 Å². The molecule has 4 aromatic rings. The number of aryl methyl sites for hydroxylation is 1. The number of carbonyl (C=O) groups excluding carboxylic acids is 1. The van der Waals surface area contributed by atoms with Gasteiger partial charge in [-0.15, -0.1) is 10.2 Å². The summed E-state index contributed by atoms with van der Waals surface area (Å²) in [6.07, 6.45) is 0.613. The van der Waals surface area contributed by atoms with E-state index < -0.39 is 0 Å². The van der Waals surface area contributed by atoms with E-state index in [2.05, 4.69) is 15.5 Å². The number of rotatable bonds is 9. The number of nitrogens with one attached hydrogen (secondary N) is 1. The van der Waals surface area contributed by atoms with Crippen LogP contribution in [0, 0.1) is 12.7 Å². The van der Waals surface area contributed by atoms with Gasteiger partial charge in [-0.3, -0.25) is 4.79 Å². The second kappa shape index (κ2) is 10.3. The van der Waals surface area contributed by atoms with Crippen molar-refractivity contribution in [2.75, 3.05) is 20.3 Å². The van der Waals surface area contributed by atoms with Gasteiger partial charge in [0.05, 0.1) is 23.9 Å². The molecule has 1 N–H and O–H groups in total. The highest BCUT2D eigenvalue weighted by atomic mass is 32.2. The molecule has 2 heterocycles. The zero-order valence-corrected chi connectivity index (χ0v) is 19.7. The maximum absolute atomic E-state index is 14.4. The fraction of sp³-hybridized carbons (Fsp3) is 0.333. The Morgan fingerprint density at radius 3 is 2.82 bits per heavy atom. The third-order valence-electron chi connectivity index (χ3n) is 5.41. The highest BCUT2D eigenvalue weighted by Crippen LogP contribution is 2.30. The minimum Gasteiger partial charge on any atom is -0.383 e. The van der Waals surface area contributed by atoms with Crippen LogP contribution in [0.4, 0.5) is 4.39 Å². The lowest BCUT2D eigenvalue weighted by Crippen LogP contribution is -2.34. The van der Waals surface area contributed by atoms with Crippen molar-refractivity contribution in [3.05, 3.63) is 59.4 Å². The molecular weight excluding hydrogens is 441 g/mol. The molecule has 2 aromatic heterocycles. The van der Waals surface area contributed by atoms with Gasteiger partial charge in [0.15, 0.2) is 5.65 Å². The number of fused-ring (bicyclic) bond motifs is 3. The van der Waals surface area contributed by atoms with Crippen molar-refractivity contribution in [3.63, 3.8) is 0 Å². The van der Waals surface area contributed by atoms with Crippen LogP contribution < -0.4 is 5.32 Å². The average molecular weight is 468 g/mol. The zero-order valence-electron chi connectivity index (χ0n) is 18.8. The van der Waals surface area contributed by atoms with Crippen molar-refractivity contribution >= 4 is 39.7 Å². The van der Waals surface area contributed by atoms with Crippen LogP contribution in [0.5, 0.6) is 0 Å². The Bertz CT molecular complexity index is 1290. The highest BCUT2D eigenvalue weighted by Gasteiger charge is 2.22. The third-order valence-corrected chi connectivity index (χ3v) is 6.62. The van der Waals surface area contributed by atoms with Crippen LogP contribution in [0.1, 0.15) is 24.5 Å². The van der Waals surface area contributed by atoms with Gasteiger partial charge in [0.1, 0.15) is 11.3 Å². The van der Waals surface area contributed by atoms with E-state index in [1.807, 2.05) is 42.7 Å². The molecule has 1 amide bonds. The third kappa shape index (κ3) is 4.99. The molecule has 0 aliphatic heterocycles. The Labute approximate surface area is 195 Å². The van der Waals surface area contributed by atoms with Gasteiger partial charge >= 0.3 is 0 Å². The van der Waals surface area contributed by atoms with Crippen LogP contribution in [0.3, 0.4) is 0 Å². The summed E-state index contributed by atoms with van der Waals surface area (Å²) >= 11 is 1.28. The molecule has 0 bridgehead atoms. The molecular formula is C24H26FN5O2S. The van der Waals surface area contributed by atoms with Gasteiger partial charge in [0.25, 0.3) is 0 Å². The van der Waals surface area contributed by atoms with Gasteiger partial charge in [0.2, 0.25) is 11.1 Å². The van der Waals surface area contributed by atoms with Gasteiger partial charge < -0.3 is 14.6 Å². The summed E-state index contributed by atoms with van der Waals surface area (Å²) < 4.78 is 21.4. The fourth-order valence-electron chi connectivity index (χ4n) is 3.70. The van der Waals surface area contributed by atoms with Gasteiger partial charge in [-0.05, 0) is 31.5 Å². The summed E-state index contributed by atoms with van der Waals surface area (Å²) in [6.45, 7) is 5.16. The lowest BCUT2D eigenvalue weighted by molar-refractivity contribution is -0.120. The number of halogens is 1. The molecule has 0 aliphatic rings. The Morgan fingerprint density at radius 1 is 1.24 bits per heavy atom. The molecule has 0 spiro atoms. The van der Waals surface area contributed by atoms with E-state index in [-0.39, 0.29) is 17.0 Å². The number of nitrogens with zero attached hydrogens (tertiary/aromatic N) is 4. The molecule has 0 radical (unpaired) electrons. The largest absolute Gasteiger partial charge is 0.383 e. The smallest absolute Gasteiger partial charge is 0.233 e. The number of methoxy groups -OCH3 is 1. The second-order valence-electron chi connectivity index (χ2n) is 7.76. The first-order valence-electron chi connectivity index (χ1n) is 10.8. The molecule has 1 unspecified atom stereocenters. The number of aromatic nitrogens is 4. The number of benzene rings is 2. The standard InChI is InChI=1S/C24H26FN5O2S/c1-4-20(23(31)26-11-12-32-3)33-24-27-22-21(28-29-24)17-13-15(2)9-10-19(17)30(22)14-16-7-5-6-8-18(16)25/h5-10,13,20H,4,11-12,14H2,1-3H3,(H,26,31). The SMILES string of the molecule is CCC(Sc1nnc2c3cc(C)ccc3n(Cc3ccccc3F)c2n1)C(=O)NCCOC. The molecule has 2 aromatic carbocycles. The van der Waals surface area contributed by atoms with Gasteiger partial charge in [0, 0.05) is 24.6 Å². The van der Waals surface area contributed by atoms with Crippen molar-refractivity contribution in [1.82, 2.24) is 25.1 Å². The Morgan fingerprint density at radius 2 is 2.06 bits per heavy atom. The van der Waals surface area contributed by atoms with Crippen molar-refractivity contribution in [1.29, 1.82) is 0 Å². The van der Waals surface area contributed by atoms with Crippen molar-refractivity contribution in [3.8, 4) is 0 Å². The van der Waals surface area contributed by atoms with E-state index in [0.717, 1.165) is 16.5 Å². The first-order valence-corrected chi connectivity index (χ1v) is 11.7. The number of thioether (sulfide) groups is 1. The van der Waals surface area contributed by atoms with Crippen LogP contribution in [-0.2, 0) is 16.1 Å². The number of carbonyl (C=O) groups is 1. The lowest BCUT2D eigenvalue weighted by atomic mass is 10.1. The van der Waals surface area contributed by atoms with Crippen molar-refractivity contribution in [2.45, 2.75) is 37.2 Å². The van der Waals surface area contributed by atoms with Crippen molar-refractivity contribution in [2.24, 2.45) is 0 Å². The van der Waals surface area contributed by atoms with Crippen LogP contribution in [0.2, 0.25) is 0 Å². The number of hydrogen-bond donors (Lipinski definition) is 1. The second-order valence-corrected chi connectivity index (χ2v) is 8.93. The predicted octanol–water partition coefficient (Wildman–Crippen LogP) is 4.11. The van der Waals surface area contributed by atoms with E-state index in [1.165, 1.54) is 17.8 Å². The quantitative estimate of drug-likeness (QED) is 0.295. The number of ether oxygens (including phenoxy) is 1. The highest BCUT2D eigenvalue weighted by molar-refractivity contribution is 8.00. The minimum atomic E-state index is -0.354. The predicted molar refractivity (Wildman–Crippen MR) is 128 cm³/mol. The Hall–Kier alpha value is -3.04. The first-order chi connectivity index (χ1) is 16.0. The molecule has 0 fully saturated rings. The molecule has 0 saturated carbocycles. The molecule has 9 heteroatoms. The molecule has 7 nitrogen and oxygen atoms in total. The van der Waals surface area contributed by atoms with Gasteiger partial charge in [-0.2, -0.15) is 0 Å². The van der Waals surface area contributed by atoms with Crippen LogP contribution in [-0.4, -0.2) is 51.2 Å². The normalized spacial score (nSPS) is 12.4. The Balaban J connectivity index is 1.73. The van der Waals surface area contributed by atoms with E-state index in [4.69, 9.17) is 9.72 Å². The van der Waals surface area contributed by atoms with Gasteiger partial charge in [-0.25, -0.2) is 9.37 Å². The Kier molecular flexibility index (Phi) is 7.20. The van der Waals surface area contributed by atoms with E-state index >= 15 is 0 Å². The summed E-state index contributed by atoms with van der Waals surface area (Å²) in [6, 6.07) is 12.8. The van der Waals surface area contributed by atoms with Crippen molar-refractivity contribution < 1.29 is 13.9 Å². The fourth-order valence-corrected chi connectivity index (χ4v) is 4.54. The molecule has 172 valence electrons. The summed E-state index contributed by atoms with van der Waals surface area (Å²) in [4.78, 5) is 17.3. The monoisotopic (exact) mass is 467 g/mol. The molecule has 1 atom stereocenters. The number of hydrogen-bond acceptors (Lipinski definition) is 6. The van der Waals surface area contributed by atoms with Crippen LogP contribution in [0.15, 0.2) is 47.6 Å². The molecule has 4 rings (SSSR count). The average Bonchev–Trinajstić information content (AvgIpc) is 3.11. The van der Waals surface area contributed by atoms with Crippen LogP contribution in [0.25, 0.3) is 22.1 Å². The summed E-state index contributed by atoms with van der Waals surface area (Å²) in [7, 11) is 1.59. The number of amides is 1. The molecule has 0 aliphatic carbocycles. The van der Waals surface area contributed by atoms with E-state index in [9.17, 15) is 9.18 Å². The lowest BCUT2D eigenvalue weighted by Gasteiger charge is -2.13. The summed E-state index contributed by atoms with van der Waals surface area (Å²) in [5, 5.41) is 12.6. The topological polar surface area (TPSA) is 81.9 Å². The molecule has 33 heavy (non-hydrogen) atoms. The maximum atomic E-state index is 14.4. The maximum Gasteiger partial charge on any atom is 0.233 e.